The van der Waals surface area contributed by atoms with Gasteiger partial charge in [-0.05, 0) is 0 Å². The Morgan fingerprint density at radius 2 is 1.25 bits per heavy atom. The van der Waals surface area contributed by atoms with Crippen molar-refractivity contribution >= 4 is 11.8 Å². The molecule has 4 saturated heterocycles. The number of hydrogen-bond acceptors (Lipinski definition) is 22. The number of hydrogen-bond donors (Lipinski definition) is 17. The molecule has 0 aliphatic carbocycles. The average molecular weight is 807 g/mol. The van der Waals surface area contributed by atoms with Gasteiger partial charge in [-0.2, -0.15) is 0 Å². The van der Waals surface area contributed by atoms with Crippen molar-refractivity contribution in [3.8, 4) is 0 Å². The number of carbonyl (C=O) groups is 2. The van der Waals surface area contributed by atoms with Crippen LogP contribution < -0.4 is 10.6 Å². The Bertz CT molecular complexity index is 1290. The molecule has 3 unspecified atom stereocenters. The van der Waals surface area contributed by atoms with Gasteiger partial charge in [-0.15, -0.1) is 0 Å². The lowest BCUT2D eigenvalue weighted by molar-refractivity contribution is -0.401. The number of ether oxygens (including phenoxy) is 5. The SMILES string of the molecule is CC(=O)N[C@H]1[C@H]([C@H](O)[C@H](O)CO)O[C@](O)(C[C@]2(OC3O[C@H](CO)[C@H](O)[C@H](O)[C@H]3NC(C)=O)C(C3O[C@H](CO)[C@H](O)[C@H](O)[C@H]3O)O[C@H](CO)[C@@H](O)[C@@H]2O)C[C@@H]1O. The van der Waals surface area contributed by atoms with Crippen LogP contribution in [-0.2, 0) is 33.3 Å². The van der Waals surface area contributed by atoms with Crippen molar-refractivity contribution in [2.45, 2.75) is 154 Å². The van der Waals surface area contributed by atoms with Crippen LogP contribution in [0.2, 0.25) is 0 Å². The van der Waals surface area contributed by atoms with E-state index < -0.39 is 179 Å². The van der Waals surface area contributed by atoms with Crippen molar-refractivity contribution in [1.29, 1.82) is 0 Å². The average Bonchev–Trinajstić information content (AvgIpc) is 3.13. The van der Waals surface area contributed by atoms with Gasteiger partial charge >= 0.3 is 0 Å². The number of amides is 2. The van der Waals surface area contributed by atoms with Gasteiger partial charge in [0.25, 0.3) is 0 Å². The summed E-state index contributed by atoms with van der Waals surface area (Å²) in [5, 5.41) is 167. The molecular formula is C31H54N2O22. The summed E-state index contributed by atoms with van der Waals surface area (Å²) in [5.41, 5.74) is -2.97. The molecule has 17 N–H and O–H groups in total. The number of nitrogens with one attached hydrogen (secondary N) is 2. The van der Waals surface area contributed by atoms with E-state index in [1.807, 2.05) is 0 Å². The number of carbonyl (C=O) groups excluding carboxylic acids is 2. The Balaban J connectivity index is 1.95. The van der Waals surface area contributed by atoms with Crippen molar-refractivity contribution in [2.75, 3.05) is 26.4 Å². The lowest BCUT2D eigenvalue weighted by Crippen LogP contribution is -2.78. The highest BCUT2D eigenvalue weighted by atomic mass is 16.7. The third-order valence-electron chi connectivity index (χ3n) is 10.5. The quantitative estimate of drug-likeness (QED) is 0.0821. The first kappa shape index (κ1) is 45.8. The first-order valence-electron chi connectivity index (χ1n) is 17.5. The van der Waals surface area contributed by atoms with Crippen molar-refractivity contribution in [1.82, 2.24) is 10.6 Å². The molecule has 4 rings (SSSR count). The number of rotatable bonds is 13. The number of aliphatic hydroxyl groups is 15. The van der Waals surface area contributed by atoms with Gasteiger partial charge in [0.15, 0.2) is 12.1 Å². The first-order chi connectivity index (χ1) is 25.7. The van der Waals surface area contributed by atoms with E-state index in [9.17, 15) is 86.2 Å². The van der Waals surface area contributed by atoms with Crippen LogP contribution in [-0.4, -0.2) is 242 Å². The summed E-state index contributed by atoms with van der Waals surface area (Å²) < 4.78 is 29.5. The summed E-state index contributed by atoms with van der Waals surface area (Å²) in [6.45, 7) is -2.10. The van der Waals surface area contributed by atoms with E-state index in [0.29, 0.717) is 0 Å². The largest absolute Gasteiger partial charge is 0.394 e. The molecule has 4 aliphatic rings. The van der Waals surface area contributed by atoms with Crippen LogP contribution in [0.1, 0.15) is 26.7 Å². The topological polar surface area (TPSA) is 408 Å². The van der Waals surface area contributed by atoms with Gasteiger partial charge in [-0.25, -0.2) is 0 Å². The van der Waals surface area contributed by atoms with Gasteiger partial charge in [-0.3, -0.25) is 9.59 Å². The second-order valence-electron chi connectivity index (χ2n) is 14.5. The lowest BCUT2D eigenvalue weighted by Gasteiger charge is -2.59. The van der Waals surface area contributed by atoms with Crippen LogP contribution in [0, 0.1) is 0 Å². The lowest BCUT2D eigenvalue weighted by atomic mass is 9.71. The van der Waals surface area contributed by atoms with E-state index in [1.54, 1.807) is 0 Å². The van der Waals surface area contributed by atoms with Crippen molar-refractivity contribution in [3.63, 3.8) is 0 Å². The molecule has 4 aliphatic heterocycles. The highest BCUT2D eigenvalue weighted by Gasteiger charge is 2.67. The van der Waals surface area contributed by atoms with Crippen LogP contribution >= 0.6 is 0 Å². The van der Waals surface area contributed by atoms with Crippen LogP contribution in [0.15, 0.2) is 0 Å². The molecule has 24 heteroatoms. The Kier molecular flexibility index (Phi) is 15.3. The molecule has 0 aromatic heterocycles. The molecule has 4 fully saturated rings. The summed E-state index contributed by atoms with van der Waals surface area (Å²) in [6, 6.07) is -3.40. The van der Waals surface area contributed by atoms with Gasteiger partial charge in [0.1, 0.15) is 103 Å². The van der Waals surface area contributed by atoms with Gasteiger partial charge < -0.3 is 111 Å². The minimum Gasteiger partial charge on any atom is -0.394 e. The molecule has 320 valence electrons. The van der Waals surface area contributed by atoms with E-state index in [4.69, 9.17) is 23.7 Å². The van der Waals surface area contributed by atoms with Crippen molar-refractivity contribution in [2.24, 2.45) is 0 Å². The van der Waals surface area contributed by atoms with E-state index in [2.05, 4.69) is 10.6 Å². The van der Waals surface area contributed by atoms with E-state index >= 15 is 0 Å². The van der Waals surface area contributed by atoms with Gasteiger partial charge in [0, 0.05) is 26.7 Å². The molecular weight excluding hydrogens is 752 g/mol. The molecule has 21 atom stereocenters. The van der Waals surface area contributed by atoms with E-state index in [1.165, 1.54) is 0 Å². The maximum Gasteiger partial charge on any atom is 0.217 e. The smallest absolute Gasteiger partial charge is 0.217 e. The van der Waals surface area contributed by atoms with E-state index in [-0.39, 0.29) is 0 Å². The monoisotopic (exact) mass is 806 g/mol. The maximum absolute atomic E-state index is 12.3. The van der Waals surface area contributed by atoms with Crippen LogP contribution in [0.25, 0.3) is 0 Å². The molecule has 4 heterocycles. The van der Waals surface area contributed by atoms with E-state index in [0.717, 1.165) is 13.8 Å². The van der Waals surface area contributed by atoms with Gasteiger partial charge in [-0.1, -0.05) is 0 Å². The standard InChI is InChI=1S/C31H54N2O22/c1-9(38)32-16-11(40)3-30(50,54-25(16)18(42)12(41)4-34)8-31(55-29-17(33-10(2)39)22(46)19(43)14(6-36)53-29)27(49)21(45)15(7-37)52-28(31)26-24(48)23(47)20(44)13(5-35)51-26/h11-29,34-37,40-50H,3-8H2,1-2H3,(H,32,38)(H,33,39)/t11-,12+,13+,14+,15+,16+,17+,18+,19-,20-,21+,22+,23-,24+,25+,26?,27-,28?,29?,30-,31+/m0/s1. The fraction of sp³-hybridized carbons (Fsp3) is 0.935. The van der Waals surface area contributed by atoms with Crippen LogP contribution in [0.4, 0.5) is 0 Å². The number of aliphatic hydroxyl groups excluding tert-OH is 14. The highest BCUT2D eigenvalue weighted by Crippen LogP contribution is 2.48. The zero-order valence-electron chi connectivity index (χ0n) is 29.8. The van der Waals surface area contributed by atoms with Crippen molar-refractivity contribution < 1.29 is 110 Å². The fourth-order valence-corrected chi connectivity index (χ4v) is 7.72. The molecule has 2 amide bonds. The zero-order chi connectivity index (χ0) is 41.3. The van der Waals surface area contributed by atoms with Crippen LogP contribution in [0.5, 0.6) is 0 Å². The molecule has 24 nitrogen and oxygen atoms in total. The minimum atomic E-state index is -2.97. The summed E-state index contributed by atoms with van der Waals surface area (Å²) >= 11 is 0. The Labute approximate surface area is 313 Å². The Morgan fingerprint density at radius 1 is 0.727 bits per heavy atom. The third kappa shape index (κ3) is 9.23. The summed E-state index contributed by atoms with van der Waals surface area (Å²) in [4.78, 5) is 24.4. The fourth-order valence-electron chi connectivity index (χ4n) is 7.72. The third-order valence-corrected chi connectivity index (χ3v) is 10.5. The van der Waals surface area contributed by atoms with Crippen LogP contribution in [0.3, 0.4) is 0 Å². The minimum absolute atomic E-state index is 0.775. The van der Waals surface area contributed by atoms with Gasteiger partial charge in [0.2, 0.25) is 11.8 Å². The molecule has 0 saturated carbocycles. The molecule has 0 aromatic carbocycles. The molecule has 0 spiro atoms. The van der Waals surface area contributed by atoms with Gasteiger partial charge in [0.05, 0.1) is 38.6 Å². The summed E-state index contributed by atoms with van der Waals surface area (Å²) in [5.74, 6) is -4.59. The summed E-state index contributed by atoms with van der Waals surface area (Å²) in [6.07, 6.45) is -36.8. The Morgan fingerprint density at radius 3 is 1.80 bits per heavy atom. The predicted octanol–water partition coefficient (Wildman–Crippen LogP) is -10.5. The molecule has 0 bridgehead atoms. The molecule has 0 radical (unpaired) electrons. The van der Waals surface area contributed by atoms with Crippen molar-refractivity contribution in [3.05, 3.63) is 0 Å². The first-order valence-corrected chi connectivity index (χ1v) is 17.5. The molecule has 0 aromatic rings. The summed E-state index contributed by atoms with van der Waals surface area (Å²) in [7, 11) is 0. The predicted molar refractivity (Wildman–Crippen MR) is 172 cm³/mol. The maximum atomic E-state index is 12.3. The highest BCUT2D eigenvalue weighted by molar-refractivity contribution is 5.73. The zero-order valence-corrected chi connectivity index (χ0v) is 29.8. The molecule has 55 heavy (non-hydrogen) atoms. The normalized spacial score (nSPS) is 47.8. The Hall–Kier alpha value is -1.86. The second kappa shape index (κ2) is 18.4. The second-order valence-corrected chi connectivity index (χ2v) is 14.5.